The van der Waals surface area contributed by atoms with E-state index in [1.807, 2.05) is 54.7 Å². The van der Waals surface area contributed by atoms with Crippen LogP contribution in [0.4, 0.5) is 0 Å². The fourth-order valence-corrected chi connectivity index (χ4v) is 2.77. The minimum atomic E-state index is 0.587. The van der Waals surface area contributed by atoms with Gasteiger partial charge in [-0.15, -0.1) is 0 Å². The standard InChI is InChI=1S/C21H24N4O/c1-3-22-21(24-14-16-7-6-8-18(13-16)26-2)25-15-17-11-12-23-20-10-5-4-9-19(17)20/h4-13H,3,14-15H2,1-2H3,(H2,22,24,25). The van der Waals surface area contributed by atoms with E-state index in [9.17, 15) is 0 Å². The maximum absolute atomic E-state index is 5.27. The highest BCUT2D eigenvalue weighted by atomic mass is 16.5. The van der Waals surface area contributed by atoms with Crippen molar-refractivity contribution in [2.75, 3.05) is 13.7 Å². The molecule has 0 bridgehead atoms. The molecule has 0 radical (unpaired) electrons. The molecule has 0 saturated carbocycles. The molecule has 0 fully saturated rings. The first-order valence-corrected chi connectivity index (χ1v) is 8.78. The summed E-state index contributed by atoms with van der Waals surface area (Å²) in [5, 5.41) is 7.86. The molecule has 134 valence electrons. The highest BCUT2D eigenvalue weighted by Crippen LogP contribution is 2.16. The number of pyridine rings is 1. The van der Waals surface area contributed by atoms with E-state index in [4.69, 9.17) is 4.74 Å². The van der Waals surface area contributed by atoms with E-state index in [1.54, 1.807) is 7.11 Å². The zero-order valence-corrected chi connectivity index (χ0v) is 15.2. The Labute approximate surface area is 154 Å². The summed E-state index contributed by atoms with van der Waals surface area (Å²) in [6.07, 6.45) is 1.85. The fourth-order valence-electron chi connectivity index (χ4n) is 2.77. The van der Waals surface area contributed by atoms with Crippen LogP contribution in [0.1, 0.15) is 18.1 Å². The van der Waals surface area contributed by atoms with E-state index >= 15 is 0 Å². The van der Waals surface area contributed by atoms with E-state index < -0.39 is 0 Å². The minimum absolute atomic E-state index is 0.587. The first kappa shape index (κ1) is 17.7. The molecule has 0 aliphatic heterocycles. The van der Waals surface area contributed by atoms with Crippen molar-refractivity contribution in [3.63, 3.8) is 0 Å². The lowest BCUT2D eigenvalue weighted by Crippen LogP contribution is -2.36. The number of hydrogen-bond acceptors (Lipinski definition) is 3. The van der Waals surface area contributed by atoms with Crippen molar-refractivity contribution in [2.45, 2.75) is 20.0 Å². The molecule has 5 heteroatoms. The fraction of sp³-hybridized carbons (Fsp3) is 0.238. The summed E-state index contributed by atoms with van der Waals surface area (Å²) in [7, 11) is 1.67. The van der Waals surface area contributed by atoms with Gasteiger partial charge < -0.3 is 15.4 Å². The average molecular weight is 348 g/mol. The Kier molecular flexibility index (Phi) is 6.04. The molecule has 0 unspecified atom stereocenters. The van der Waals surface area contributed by atoms with Crippen molar-refractivity contribution in [3.05, 3.63) is 71.9 Å². The normalized spacial score (nSPS) is 11.4. The number of aliphatic imine (C=N–C) groups is 1. The van der Waals surface area contributed by atoms with Gasteiger partial charge in [-0.2, -0.15) is 0 Å². The molecule has 0 aliphatic rings. The summed E-state index contributed by atoms with van der Waals surface area (Å²) < 4.78 is 5.27. The third-order valence-electron chi connectivity index (χ3n) is 4.08. The maximum atomic E-state index is 5.27. The monoisotopic (exact) mass is 348 g/mol. The van der Waals surface area contributed by atoms with Crippen LogP contribution in [0.15, 0.2) is 65.8 Å². The molecule has 1 heterocycles. The largest absolute Gasteiger partial charge is 0.497 e. The highest BCUT2D eigenvalue weighted by molar-refractivity contribution is 5.83. The Morgan fingerprint density at radius 1 is 1.08 bits per heavy atom. The second kappa shape index (κ2) is 8.85. The molecule has 0 saturated heterocycles. The van der Waals surface area contributed by atoms with Gasteiger partial charge in [0.25, 0.3) is 0 Å². The summed E-state index contributed by atoms with van der Waals surface area (Å²) in [5.41, 5.74) is 3.31. The van der Waals surface area contributed by atoms with Gasteiger partial charge in [0.05, 0.1) is 19.2 Å². The predicted octanol–water partition coefficient (Wildman–Crippen LogP) is 3.50. The molecule has 2 N–H and O–H groups in total. The molecule has 26 heavy (non-hydrogen) atoms. The van der Waals surface area contributed by atoms with Crippen molar-refractivity contribution >= 4 is 16.9 Å². The molecule has 0 spiro atoms. The van der Waals surface area contributed by atoms with Gasteiger partial charge in [-0.25, -0.2) is 4.99 Å². The second-order valence-corrected chi connectivity index (χ2v) is 5.89. The van der Waals surface area contributed by atoms with E-state index in [0.717, 1.165) is 34.7 Å². The summed E-state index contributed by atoms with van der Waals surface area (Å²) in [6, 6.07) is 18.2. The number of nitrogens with zero attached hydrogens (tertiary/aromatic N) is 2. The number of fused-ring (bicyclic) bond motifs is 1. The molecule has 0 amide bonds. The van der Waals surface area contributed by atoms with Crippen molar-refractivity contribution in [2.24, 2.45) is 4.99 Å². The molecule has 3 rings (SSSR count). The average Bonchev–Trinajstić information content (AvgIpc) is 2.70. The first-order valence-electron chi connectivity index (χ1n) is 8.78. The summed E-state index contributed by atoms with van der Waals surface area (Å²) in [4.78, 5) is 9.09. The van der Waals surface area contributed by atoms with Crippen molar-refractivity contribution in [1.82, 2.24) is 15.6 Å². The van der Waals surface area contributed by atoms with Crippen LogP contribution >= 0.6 is 0 Å². The van der Waals surface area contributed by atoms with Gasteiger partial charge in [0.1, 0.15) is 5.75 Å². The quantitative estimate of drug-likeness (QED) is 0.529. The van der Waals surface area contributed by atoms with Gasteiger partial charge >= 0.3 is 0 Å². The van der Waals surface area contributed by atoms with Gasteiger partial charge in [-0.1, -0.05) is 30.3 Å². The maximum Gasteiger partial charge on any atom is 0.191 e. The van der Waals surface area contributed by atoms with Crippen molar-refractivity contribution in [3.8, 4) is 5.75 Å². The Morgan fingerprint density at radius 3 is 2.81 bits per heavy atom. The number of aromatic nitrogens is 1. The number of methoxy groups -OCH3 is 1. The molecule has 5 nitrogen and oxygen atoms in total. The van der Waals surface area contributed by atoms with Gasteiger partial charge in [0, 0.05) is 24.7 Å². The lowest BCUT2D eigenvalue weighted by atomic mass is 10.1. The number of benzene rings is 2. The van der Waals surface area contributed by atoms with Crippen LogP contribution < -0.4 is 15.4 Å². The van der Waals surface area contributed by atoms with Crippen LogP contribution in [0.5, 0.6) is 5.75 Å². The van der Waals surface area contributed by atoms with Crippen molar-refractivity contribution in [1.29, 1.82) is 0 Å². The van der Waals surface area contributed by atoms with Gasteiger partial charge in [0.2, 0.25) is 0 Å². The molecule has 0 atom stereocenters. The van der Waals surface area contributed by atoms with Crippen LogP contribution in [-0.2, 0) is 13.1 Å². The Morgan fingerprint density at radius 2 is 1.96 bits per heavy atom. The first-order chi connectivity index (χ1) is 12.8. The highest BCUT2D eigenvalue weighted by Gasteiger charge is 2.03. The minimum Gasteiger partial charge on any atom is -0.497 e. The summed E-state index contributed by atoms with van der Waals surface area (Å²) in [5.74, 6) is 1.63. The lowest BCUT2D eigenvalue weighted by Gasteiger charge is -2.13. The third kappa shape index (κ3) is 4.51. The van der Waals surface area contributed by atoms with E-state index in [1.165, 1.54) is 5.56 Å². The van der Waals surface area contributed by atoms with Crippen LogP contribution in [0, 0.1) is 0 Å². The molecular formula is C21H24N4O. The molecule has 3 aromatic rings. The topological polar surface area (TPSA) is 58.5 Å². The predicted molar refractivity (Wildman–Crippen MR) is 106 cm³/mol. The SMILES string of the molecule is CCNC(=NCc1cccc(OC)c1)NCc1ccnc2ccccc12. The number of rotatable bonds is 6. The van der Waals surface area contributed by atoms with Crippen LogP contribution in [0.25, 0.3) is 10.9 Å². The Bertz CT molecular complexity index is 887. The zero-order chi connectivity index (χ0) is 18.2. The zero-order valence-electron chi connectivity index (χ0n) is 15.2. The van der Waals surface area contributed by atoms with Crippen LogP contribution in [-0.4, -0.2) is 24.6 Å². The lowest BCUT2D eigenvalue weighted by molar-refractivity contribution is 0.414. The third-order valence-corrected chi connectivity index (χ3v) is 4.08. The molecule has 1 aromatic heterocycles. The number of ether oxygens (including phenoxy) is 1. The summed E-state index contributed by atoms with van der Waals surface area (Å²) >= 11 is 0. The van der Waals surface area contributed by atoms with Crippen LogP contribution in [0.3, 0.4) is 0 Å². The van der Waals surface area contributed by atoms with Gasteiger partial charge in [-0.05, 0) is 42.3 Å². The summed E-state index contributed by atoms with van der Waals surface area (Å²) in [6.45, 7) is 4.14. The van der Waals surface area contributed by atoms with E-state index in [2.05, 4.69) is 33.6 Å². The molecule has 0 aliphatic carbocycles. The molecular weight excluding hydrogens is 324 g/mol. The number of hydrogen-bond donors (Lipinski definition) is 2. The molecule has 2 aromatic carbocycles. The Hall–Kier alpha value is -3.08. The number of guanidine groups is 1. The van der Waals surface area contributed by atoms with Crippen LogP contribution in [0.2, 0.25) is 0 Å². The smallest absolute Gasteiger partial charge is 0.191 e. The van der Waals surface area contributed by atoms with Gasteiger partial charge in [-0.3, -0.25) is 4.98 Å². The van der Waals surface area contributed by atoms with E-state index in [0.29, 0.717) is 13.1 Å². The van der Waals surface area contributed by atoms with Gasteiger partial charge in [0.15, 0.2) is 5.96 Å². The second-order valence-electron chi connectivity index (χ2n) is 5.89. The van der Waals surface area contributed by atoms with E-state index in [-0.39, 0.29) is 0 Å². The number of nitrogens with one attached hydrogen (secondary N) is 2. The Balaban J connectivity index is 1.71. The van der Waals surface area contributed by atoms with Crippen molar-refractivity contribution < 1.29 is 4.74 Å². The number of para-hydroxylation sites is 1.